The van der Waals surface area contributed by atoms with Gasteiger partial charge in [0.25, 0.3) is 0 Å². The number of benzene rings is 1. The lowest BCUT2D eigenvalue weighted by Crippen LogP contribution is -2.21. The van der Waals surface area contributed by atoms with Crippen LogP contribution in [0, 0.1) is 5.82 Å². The maximum atomic E-state index is 12.9. The minimum absolute atomic E-state index is 0.199. The predicted molar refractivity (Wildman–Crippen MR) is 82.3 cm³/mol. The van der Waals surface area contributed by atoms with Gasteiger partial charge in [0.15, 0.2) is 0 Å². The number of hydrogen-bond acceptors (Lipinski definition) is 3. The first-order chi connectivity index (χ1) is 10.0. The highest BCUT2D eigenvalue weighted by Gasteiger charge is 2.07. The molecule has 0 saturated heterocycles. The molecule has 0 unspecified atom stereocenters. The third-order valence-corrected chi connectivity index (χ3v) is 3.21. The molecular weight excluding hydrogens is 267 g/mol. The first-order valence-electron chi connectivity index (χ1n) is 7.25. The summed E-state index contributed by atoms with van der Waals surface area (Å²) in [6, 6.07) is 9.15. The van der Waals surface area contributed by atoms with Gasteiger partial charge in [0, 0.05) is 24.7 Å². The van der Waals surface area contributed by atoms with E-state index in [4.69, 9.17) is 4.42 Å². The van der Waals surface area contributed by atoms with E-state index in [0.717, 1.165) is 36.5 Å². The first kappa shape index (κ1) is 15.7. The van der Waals surface area contributed by atoms with Gasteiger partial charge in [-0.05, 0) is 30.8 Å². The van der Waals surface area contributed by atoms with Gasteiger partial charge in [-0.25, -0.2) is 4.39 Å². The van der Waals surface area contributed by atoms with Gasteiger partial charge in [-0.2, -0.15) is 0 Å². The molecule has 0 fully saturated rings. The van der Waals surface area contributed by atoms with Crippen molar-refractivity contribution in [1.29, 1.82) is 0 Å². The normalized spacial score (nSPS) is 11.5. The topological polar surface area (TPSA) is 28.4 Å². The van der Waals surface area contributed by atoms with Gasteiger partial charge < -0.3 is 9.73 Å². The molecule has 3 nitrogen and oxygen atoms in total. The van der Waals surface area contributed by atoms with Crippen LogP contribution in [0.2, 0.25) is 0 Å². The average molecular weight is 290 g/mol. The molecule has 21 heavy (non-hydrogen) atoms. The average Bonchev–Trinajstić information content (AvgIpc) is 2.86. The molecule has 0 amide bonds. The van der Waals surface area contributed by atoms with E-state index < -0.39 is 0 Å². The van der Waals surface area contributed by atoms with E-state index in [1.165, 1.54) is 12.1 Å². The molecule has 0 radical (unpaired) electrons. The number of halogens is 1. The first-order valence-corrected chi connectivity index (χ1v) is 7.25. The van der Waals surface area contributed by atoms with Crippen LogP contribution < -0.4 is 5.32 Å². The van der Waals surface area contributed by atoms with Gasteiger partial charge in [0.2, 0.25) is 0 Å². The maximum absolute atomic E-state index is 12.9. The van der Waals surface area contributed by atoms with E-state index in [2.05, 4.69) is 30.1 Å². The van der Waals surface area contributed by atoms with Crippen LogP contribution in [-0.2, 0) is 19.6 Å². The van der Waals surface area contributed by atoms with Gasteiger partial charge in [0.05, 0.1) is 12.8 Å². The minimum atomic E-state index is -0.199. The van der Waals surface area contributed by atoms with Gasteiger partial charge in [-0.1, -0.05) is 26.0 Å². The third kappa shape index (κ3) is 5.33. The molecule has 2 rings (SSSR count). The van der Waals surface area contributed by atoms with Gasteiger partial charge >= 0.3 is 0 Å². The van der Waals surface area contributed by atoms with Crippen LogP contribution in [-0.4, -0.2) is 18.0 Å². The number of hydrogen-bond donors (Lipinski definition) is 1. The van der Waals surface area contributed by atoms with Crippen molar-refractivity contribution in [3.63, 3.8) is 0 Å². The molecule has 0 aliphatic rings. The molecule has 1 heterocycles. The highest BCUT2D eigenvalue weighted by atomic mass is 19.1. The highest BCUT2D eigenvalue weighted by molar-refractivity contribution is 5.16. The lowest BCUT2D eigenvalue weighted by Gasteiger charge is -2.15. The van der Waals surface area contributed by atoms with E-state index in [0.29, 0.717) is 6.04 Å². The van der Waals surface area contributed by atoms with Gasteiger partial charge in [-0.3, -0.25) is 4.90 Å². The van der Waals surface area contributed by atoms with Crippen LogP contribution >= 0.6 is 0 Å². The Balaban J connectivity index is 1.84. The smallest absolute Gasteiger partial charge is 0.123 e. The summed E-state index contributed by atoms with van der Waals surface area (Å²) in [7, 11) is 2.03. The quantitative estimate of drug-likeness (QED) is 0.845. The van der Waals surface area contributed by atoms with Crippen LogP contribution in [0.15, 0.2) is 41.0 Å². The number of nitrogens with zero attached hydrogens (tertiary/aromatic N) is 1. The molecule has 0 atom stereocenters. The van der Waals surface area contributed by atoms with Crippen molar-refractivity contribution in [2.45, 2.75) is 39.5 Å². The van der Waals surface area contributed by atoms with Crippen molar-refractivity contribution in [2.75, 3.05) is 7.05 Å². The molecule has 1 aromatic carbocycles. The second-order valence-corrected chi connectivity index (χ2v) is 5.76. The fourth-order valence-corrected chi connectivity index (χ4v) is 2.15. The van der Waals surface area contributed by atoms with E-state index in [1.54, 1.807) is 6.26 Å². The standard InChI is InChI=1S/C17H23FN2O/c1-13(2)19-9-15-8-17(21-12-15)11-20(3)10-14-4-6-16(18)7-5-14/h4-8,12-13,19H,9-11H2,1-3H3. The minimum Gasteiger partial charge on any atom is -0.468 e. The van der Waals surface area contributed by atoms with Crippen LogP contribution in [0.1, 0.15) is 30.7 Å². The fourth-order valence-electron chi connectivity index (χ4n) is 2.15. The van der Waals surface area contributed by atoms with Crippen LogP contribution in [0.3, 0.4) is 0 Å². The zero-order chi connectivity index (χ0) is 15.2. The van der Waals surface area contributed by atoms with E-state index in [-0.39, 0.29) is 5.82 Å². The van der Waals surface area contributed by atoms with Crippen LogP contribution in [0.5, 0.6) is 0 Å². The van der Waals surface area contributed by atoms with Crippen molar-refractivity contribution in [3.05, 3.63) is 59.3 Å². The Labute approximate surface area is 125 Å². The van der Waals surface area contributed by atoms with Crippen LogP contribution in [0.4, 0.5) is 4.39 Å². The summed E-state index contributed by atoms with van der Waals surface area (Å²) in [4.78, 5) is 2.14. The molecule has 0 saturated carbocycles. The van der Waals surface area contributed by atoms with Crippen molar-refractivity contribution < 1.29 is 8.81 Å². The molecule has 0 aliphatic carbocycles. The molecule has 2 aromatic rings. The zero-order valence-electron chi connectivity index (χ0n) is 12.9. The fraction of sp³-hybridized carbons (Fsp3) is 0.412. The Morgan fingerprint density at radius 3 is 2.52 bits per heavy atom. The summed E-state index contributed by atoms with van der Waals surface area (Å²) in [6.07, 6.45) is 1.80. The summed E-state index contributed by atoms with van der Waals surface area (Å²) in [6.45, 7) is 6.57. The Morgan fingerprint density at radius 1 is 1.14 bits per heavy atom. The molecule has 0 spiro atoms. The Kier molecular flexibility index (Phi) is 5.53. The molecule has 0 aliphatic heterocycles. The molecule has 1 aromatic heterocycles. The number of nitrogens with one attached hydrogen (secondary N) is 1. The monoisotopic (exact) mass is 290 g/mol. The molecule has 1 N–H and O–H groups in total. The number of rotatable bonds is 7. The SMILES string of the molecule is CC(C)NCc1coc(CN(C)Cc2ccc(F)cc2)c1. The van der Waals surface area contributed by atoms with Crippen molar-refractivity contribution >= 4 is 0 Å². The van der Waals surface area contributed by atoms with Crippen LogP contribution in [0.25, 0.3) is 0 Å². The zero-order valence-corrected chi connectivity index (χ0v) is 12.9. The van der Waals surface area contributed by atoms with Crippen molar-refractivity contribution in [2.24, 2.45) is 0 Å². The summed E-state index contributed by atoms with van der Waals surface area (Å²) in [5.74, 6) is 0.745. The molecule has 114 valence electrons. The van der Waals surface area contributed by atoms with Gasteiger partial charge in [-0.15, -0.1) is 0 Å². The molecule has 0 bridgehead atoms. The van der Waals surface area contributed by atoms with E-state index in [9.17, 15) is 4.39 Å². The lowest BCUT2D eigenvalue weighted by atomic mass is 10.2. The molecule has 4 heteroatoms. The third-order valence-electron chi connectivity index (χ3n) is 3.21. The second-order valence-electron chi connectivity index (χ2n) is 5.76. The van der Waals surface area contributed by atoms with E-state index >= 15 is 0 Å². The predicted octanol–water partition coefficient (Wildman–Crippen LogP) is 3.55. The lowest BCUT2D eigenvalue weighted by molar-refractivity contribution is 0.287. The summed E-state index contributed by atoms with van der Waals surface area (Å²) in [5.41, 5.74) is 2.25. The Hall–Kier alpha value is -1.65. The highest BCUT2D eigenvalue weighted by Crippen LogP contribution is 2.12. The summed E-state index contributed by atoms with van der Waals surface area (Å²) < 4.78 is 18.5. The summed E-state index contributed by atoms with van der Waals surface area (Å²) in [5, 5.41) is 3.36. The van der Waals surface area contributed by atoms with Gasteiger partial charge in [0.1, 0.15) is 11.6 Å². The van der Waals surface area contributed by atoms with Crippen molar-refractivity contribution in [1.82, 2.24) is 10.2 Å². The Morgan fingerprint density at radius 2 is 1.86 bits per heavy atom. The Bertz CT molecular complexity index is 548. The summed E-state index contributed by atoms with van der Waals surface area (Å²) >= 11 is 0. The van der Waals surface area contributed by atoms with E-state index in [1.807, 2.05) is 19.2 Å². The molecular formula is C17H23FN2O. The largest absolute Gasteiger partial charge is 0.468 e. The van der Waals surface area contributed by atoms with Crippen molar-refractivity contribution in [3.8, 4) is 0 Å². The second kappa shape index (κ2) is 7.38. The maximum Gasteiger partial charge on any atom is 0.123 e. The number of furan rings is 1.